The Morgan fingerprint density at radius 1 is 1.29 bits per heavy atom. The maximum atomic E-state index is 9.54. The van der Waals surface area contributed by atoms with Crippen molar-refractivity contribution in [1.82, 2.24) is 0 Å². The molecule has 1 unspecified atom stereocenters. The van der Waals surface area contributed by atoms with Gasteiger partial charge in [-0.2, -0.15) is 0 Å². The van der Waals surface area contributed by atoms with Gasteiger partial charge in [0.2, 0.25) is 0 Å². The van der Waals surface area contributed by atoms with Crippen molar-refractivity contribution in [3.63, 3.8) is 0 Å². The fourth-order valence-corrected chi connectivity index (χ4v) is 2.14. The second-order valence-electron chi connectivity index (χ2n) is 3.70. The molecule has 14 heavy (non-hydrogen) atoms. The van der Waals surface area contributed by atoms with Crippen LogP contribution in [0.1, 0.15) is 40.0 Å². The highest BCUT2D eigenvalue weighted by Crippen LogP contribution is 2.44. The monoisotopic (exact) mass is 240 g/mol. The topological polar surface area (TPSA) is 38.7 Å². The van der Waals surface area contributed by atoms with E-state index in [1.807, 2.05) is 13.8 Å². The summed E-state index contributed by atoms with van der Waals surface area (Å²) in [4.78, 5) is 9.54. The third kappa shape index (κ3) is 9.10. The number of rotatable bonds is 8. The highest BCUT2D eigenvalue weighted by molar-refractivity contribution is 8.07. The Kier molecular flexibility index (Phi) is 8.07. The van der Waals surface area contributed by atoms with Gasteiger partial charge in [-0.25, -0.2) is 0 Å². The standard InChI is InChI=1S/C9H21O3PS/c1-4-5-6-7-11-13(10,14)12-8-9(2)3/h9H,4-8H2,1-3H3,(H,10,14). The number of hydrogen-bond acceptors (Lipinski definition) is 3. The van der Waals surface area contributed by atoms with Gasteiger partial charge in [0.25, 0.3) is 0 Å². The third-order valence-corrected chi connectivity index (χ3v) is 3.19. The Bertz CT molecular complexity index is 185. The van der Waals surface area contributed by atoms with E-state index in [2.05, 4.69) is 6.92 Å². The molecule has 1 N–H and O–H groups in total. The predicted octanol–water partition coefficient (Wildman–Crippen LogP) is 3.08. The lowest BCUT2D eigenvalue weighted by Crippen LogP contribution is -2.02. The number of hydrogen-bond donors (Lipinski definition) is 1. The molecular formula is C9H21O3PS. The van der Waals surface area contributed by atoms with Crippen molar-refractivity contribution >= 4 is 18.5 Å². The largest absolute Gasteiger partial charge is 0.324 e. The van der Waals surface area contributed by atoms with Crippen LogP contribution >= 0.6 is 6.72 Å². The van der Waals surface area contributed by atoms with Crippen LogP contribution in [0.25, 0.3) is 0 Å². The van der Waals surface area contributed by atoms with Gasteiger partial charge in [0.1, 0.15) is 0 Å². The summed E-state index contributed by atoms with van der Waals surface area (Å²) in [6.45, 7) is 4.13. The van der Waals surface area contributed by atoms with E-state index in [-0.39, 0.29) is 0 Å². The first-order valence-electron chi connectivity index (χ1n) is 5.10. The first-order chi connectivity index (χ1) is 6.48. The minimum Gasteiger partial charge on any atom is -0.324 e. The molecule has 0 aliphatic rings. The zero-order valence-corrected chi connectivity index (χ0v) is 10.9. The Balaban J connectivity index is 3.56. The summed E-state index contributed by atoms with van der Waals surface area (Å²) in [5.74, 6) is 0.365. The van der Waals surface area contributed by atoms with E-state index in [0.717, 1.165) is 19.3 Å². The van der Waals surface area contributed by atoms with Crippen LogP contribution < -0.4 is 0 Å². The molecule has 0 amide bonds. The van der Waals surface area contributed by atoms with Gasteiger partial charge in [0, 0.05) is 0 Å². The van der Waals surface area contributed by atoms with Crippen LogP contribution in [0.3, 0.4) is 0 Å². The van der Waals surface area contributed by atoms with Crippen LogP contribution in [-0.4, -0.2) is 18.1 Å². The highest BCUT2D eigenvalue weighted by atomic mass is 32.5. The van der Waals surface area contributed by atoms with Crippen molar-refractivity contribution in [3.8, 4) is 0 Å². The van der Waals surface area contributed by atoms with Gasteiger partial charge >= 0.3 is 6.72 Å². The van der Waals surface area contributed by atoms with E-state index in [1.54, 1.807) is 0 Å². The van der Waals surface area contributed by atoms with Gasteiger partial charge in [-0.05, 0) is 24.1 Å². The normalized spacial score (nSPS) is 15.8. The minimum atomic E-state index is -2.95. The summed E-state index contributed by atoms with van der Waals surface area (Å²) >= 11 is 4.83. The molecule has 3 nitrogen and oxygen atoms in total. The van der Waals surface area contributed by atoms with Crippen LogP contribution in [0.4, 0.5) is 0 Å². The lowest BCUT2D eigenvalue weighted by Gasteiger charge is -2.16. The van der Waals surface area contributed by atoms with Gasteiger partial charge < -0.3 is 13.9 Å². The molecule has 1 atom stereocenters. The first-order valence-corrected chi connectivity index (χ1v) is 7.69. The zero-order chi connectivity index (χ0) is 11.0. The summed E-state index contributed by atoms with van der Waals surface area (Å²) < 4.78 is 10.3. The number of unbranched alkanes of at least 4 members (excludes halogenated alkanes) is 2. The van der Waals surface area contributed by atoms with E-state index >= 15 is 0 Å². The molecule has 0 saturated heterocycles. The molecule has 0 aromatic carbocycles. The van der Waals surface area contributed by atoms with E-state index in [0.29, 0.717) is 19.1 Å². The second-order valence-corrected chi connectivity index (χ2v) is 6.54. The van der Waals surface area contributed by atoms with E-state index in [9.17, 15) is 4.89 Å². The lowest BCUT2D eigenvalue weighted by atomic mass is 10.2. The molecule has 0 heterocycles. The van der Waals surface area contributed by atoms with Crippen LogP contribution in [0.5, 0.6) is 0 Å². The van der Waals surface area contributed by atoms with E-state index in [1.165, 1.54) is 0 Å². The minimum absolute atomic E-state index is 0.365. The maximum Gasteiger partial charge on any atom is 0.324 e. The first kappa shape index (κ1) is 14.5. The molecule has 0 aliphatic heterocycles. The molecule has 0 aliphatic carbocycles. The fourth-order valence-electron chi connectivity index (χ4n) is 0.813. The predicted molar refractivity (Wildman–Crippen MR) is 62.8 cm³/mol. The van der Waals surface area contributed by atoms with Crippen LogP contribution in [0, 0.1) is 5.92 Å². The van der Waals surface area contributed by atoms with E-state index < -0.39 is 6.72 Å². The Hall–Kier alpha value is 0.530. The maximum absolute atomic E-state index is 9.54. The SMILES string of the molecule is CCCCCOP(O)(=S)OCC(C)C. The third-order valence-electron chi connectivity index (χ3n) is 1.57. The van der Waals surface area contributed by atoms with Crippen molar-refractivity contribution in [2.75, 3.05) is 13.2 Å². The van der Waals surface area contributed by atoms with Crippen molar-refractivity contribution in [3.05, 3.63) is 0 Å². The fraction of sp³-hybridized carbons (Fsp3) is 1.00. The van der Waals surface area contributed by atoms with Gasteiger partial charge in [-0.3, -0.25) is 0 Å². The van der Waals surface area contributed by atoms with Crippen LogP contribution in [-0.2, 0) is 20.9 Å². The van der Waals surface area contributed by atoms with Crippen molar-refractivity contribution in [2.24, 2.45) is 5.92 Å². The molecular weight excluding hydrogens is 219 g/mol. The summed E-state index contributed by atoms with van der Waals surface area (Å²) in [6.07, 6.45) is 3.16. The zero-order valence-electron chi connectivity index (χ0n) is 9.23. The van der Waals surface area contributed by atoms with Crippen LogP contribution in [0.15, 0.2) is 0 Å². The lowest BCUT2D eigenvalue weighted by molar-refractivity contribution is 0.178. The van der Waals surface area contributed by atoms with Crippen molar-refractivity contribution in [2.45, 2.75) is 40.0 Å². The van der Waals surface area contributed by atoms with Gasteiger partial charge in [-0.1, -0.05) is 33.6 Å². The molecule has 0 spiro atoms. The Labute approximate surface area is 92.1 Å². The molecule has 0 aromatic rings. The van der Waals surface area contributed by atoms with Gasteiger partial charge in [-0.15, -0.1) is 0 Å². The average Bonchev–Trinajstić information content (AvgIpc) is 2.10. The summed E-state index contributed by atoms with van der Waals surface area (Å²) in [5.41, 5.74) is 0. The molecule has 0 bridgehead atoms. The van der Waals surface area contributed by atoms with E-state index in [4.69, 9.17) is 20.9 Å². The molecule has 0 fully saturated rings. The summed E-state index contributed by atoms with van der Waals surface area (Å²) in [7, 11) is 0. The Morgan fingerprint density at radius 2 is 1.93 bits per heavy atom. The molecule has 0 rings (SSSR count). The summed E-state index contributed by atoms with van der Waals surface area (Å²) in [5, 5.41) is 0. The molecule has 0 saturated carbocycles. The second kappa shape index (κ2) is 7.77. The average molecular weight is 240 g/mol. The van der Waals surface area contributed by atoms with Gasteiger partial charge in [0.05, 0.1) is 13.2 Å². The molecule has 5 heteroatoms. The van der Waals surface area contributed by atoms with Crippen LogP contribution in [0.2, 0.25) is 0 Å². The van der Waals surface area contributed by atoms with Gasteiger partial charge in [0.15, 0.2) is 0 Å². The molecule has 0 radical (unpaired) electrons. The molecule has 86 valence electrons. The van der Waals surface area contributed by atoms with Crippen molar-refractivity contribution in [1.29, 1.82) is 0 Å². The quantitative estimate of drug-likeness (QED) is 0.522. The highest BCUT2D eigenvalue weighted by Gasteiger charge is 2.14. The molecule has 0 aromatic heterocycles. The smallest absolute Gasteiger partial charge is 0.324 e. The van der Waals surface area contributed by atoms with Crippen molar-refractivity contribution < 1.29 is 13.9 Å². The Morgan fingerprint density at radius 3 is 2.43 bits per heavy atom. The summed E-state index contributed by atoms with van der Waals surface area (Å²) in [6, 6.07) is 0.